The number of ether oxygens (including phenoxy) is 3. The quantitative estimate of drug-likeness (QED) is 0.739. The highest BCUT2D eigenvalue weighted by Gasteiger charge is 2.37. The molecule has 0 saturated carbocycles. The highest BCUT2D eigenvalue weighted by atomic mass is 79.9. The second-order valence-corrected chi connectivity index (χ2v) is 7.90. The number of carboxylic acids is 1. The number of carboxylic acid groups (broad SMARTS) is 1. The standard InChI is InChI=1S/C21H22BrNO5/c1-26-17-8-6-14(22)11-15(17)20(23-9-3-2-4-16(23)21(24)25)13-5-7-18-19(10-13)28-12-27-18/h5-8,10-11,16,20H,2-4,9,12H2,1H3,(H,24,25). The van der Waals surface area contributed by atoms with E-state index in [0.29, 0.717) is 24.5 Å². The topological polar surface area (TPSA) is 68.2 Å². The number of methoxy groups -OCH3 is 1. The largest absolute Gasteiger partial charge is 0.496 e. The van der Waals surface area contributed by atoms with Gasteiger partial charge in [-0.2, -0.15) is 0 Å². The minimum Gasteiger partial charge on any atom is -0.496 e. The second kappa shape index (κ2) is 8.01. The number of rotatable bonds is 5. The molecule has 2 aliphatic heterocycles. The van der Waals surface area contributed by atoms with E-state index >= 15 is 0 Å². The van der Waals surface area contributed by atoms with Crippen LogP contribution in [-0.2, 0) is 4.79 Å². The zero-order valence-corrected chi connectivity index (χ0v) is 17.1. The van der Waals surface area contributed by atoms with Crippen LogP contribution >= 0.6 is 15.9 Å². The lowest BCUT2D eigenvalue weighted by Gasteiger charge is -2.40. The molecule has 0 aromatic heterocycles. The van der Waals surface area contributed by atoms with Crippen molar-refractivity contribution in [3.05, 3.63) is 52.0 Å². The van der Waals surface area contributed by atoms with Gasteiger partial charge in [-0.3, -0.25) is 9.69 Å². The van der Waals surface area contributed by atoms with Crippen LogP contribution in [-0.4, -0.2) is 42.5 Å². The van der Waals surface area contributed by atoms with Gasteiger partial charge in [0.05, 0.1) is 13.2 Å². The van der Waals surface area contributed by atoms with Gasteiger partial charge in [0.15, 0.2) is 11.5 Å². The van der Waals surface area contributed by atoms with E-state index in [-0.39, 0.29) is 12.8 Å². The van der Waals surface area contributed by atoms with E-state index < -0.39 is 12.0 Å². The lowest BCUT2D eigenvalue weighted by molar-refractivity contribution is -0.145. The fraction of sp³-hybridized carbons (Fsp3) is 0.381. The summed E-state index contributed by atoms with van der Waals surface area (Å²) in [6, 6.07) is 10.8. The van der Waals surface area contributed by atoms with Crippen molar-refractivity contribution >= 4 is 21.9 Å². The highest BCUT2D eigenvalue weighted by Crippen LogP contribution is 2.42. The van der Waals surface area contributed by atoms with Crippen molar-refractivity contribution in [2.24, 2.45) is 0 Å². The molecule has 0 bridgehead atoms. The summed E-state index contributed by atoms with van der Waals surface area (Å²) in [7, 11) is 1.63. The molecule has 1 fully saturated rings. The van der Waals surface area contributed by atoms with Crippen molar-refractivity contribution in [2.75, 3.05) is 20.4 Å². The smallest absolute Gasteiger partial charge is 0.320 e. The van der Waals surface area contributed by atoms with Gasteiger partial charge in [-0.25, -0.2) is 0 Å². The van der Waals surface area contributed by atoms with Crippen molar-refractivity contribution in [1.29, 1.82) is 0 Å². The second-order valence-electron chi connectivity index (χ2n) is 6.99. The average Bonchev–Trinajstić information content (AvgIpc) is 3.17. The molecule has 2 atom stereocenters. The Morgan fingerprint density at radius 2 is 2.04 bits per heavy atom. The van der Waals surface area contributed by atoms with E-state index in [1.54, 1.807) is 7.11 Å². The van der Waals surface area contributed by atoms with Gasteiger partial charge in [-0.15, -0.1) is 0 Å². The van der Waals surface area contributed by atoms with Crippen LogP contribution < -0.4 is 14.2 Å². The first kappa shape index (κ1) is 19.1. The fourth-order valence-corrected chi connectivity index (χ4v) is 4.46. The number of piperidine rings is 1. The Labute approximate surface area is 172 Å². The number of hydrogen-bond donors (Lipinski definition) is 1. The van der Waals surface area contributed by atoms with E-state index in [9.17, 15) is 9.90 Å². The maximum atomic E-state index is 12.0. The van der Waals surface area contributed by atoms with Crippen molar-refractivity contribution in [1.82, 2.24) is 4.90 Å². The molecule has 2 aromatic carbocycles. The molecular weight excluding hydrogens is 426 g/mol. The van der Waals surface area contributed by atoms with Gasteiger partial charge in [0.1, 0.15) is 11.8 Å². The van der Waals surface area contributed by atoms with Crippen LogP contribution in [0.25, 0.3) is 0 Å². The molecule has 2 aromatic rings. The summed E-state index contributed by atoms with van der Waals surface area (Å²) < 4.78 is 17.6. The first-order valence-corrected chi connectivity index (χ1v) is 10.1. The SMILES string of the molecule is COc1ccc(Br)cc1C(c1ccc2c(c1)OCO2)N1CCCCC1C(=O)O. The van der Waals surface area contributed by atoms with Gasteiger partial charge < -0.3 is 19.3 Å². The minimum atomic E-state index is -0.792. The number of likely N-dealkylation sites (tertiary alicyclic amines) is 1. The number of carbonyl (C=O) groups is 1. The normalized spacial score (nSPS) is 20.0. The van der Waals surface area contributed by atoms with Gasteiger partial charge in [0.2, 0.25) is 6.79 Å². The molecule has 4 rings (SSSR count). The van der Waals surface area contributed by atoms with Crippen LogP contribution in [0.5, 0.6) is 17.2 Å². The van der Waals surface area contributed by atoms with Gasteiger partial charge in [0, 0.05) is 10.0 Å². The number of hydrogen-bond acceptors (Lipinski definition) is 5. The number of fused-ring (bicyclic) bond motifs is 1. The van der Waals surface area contributed by atoms with E-state index in [1.165, 1.54) is 0 Å². The molecule has 2 unspecified atom stereocenters. The molecular formula is C21H22BrNO5. The maximum absolute atomic E-state index is 12.0. The Balaban J connectivity index is 1.86. The van der Waals surface area contributed by atoms with Crippen LogP contribution in [0, 0.1) is 0 Å². The van der Waals surface area contributed by atoms with Crippen LogP contribution in [0.1, 0.15) is 36.4 Å². The van der Waals surface area contributed by atoms with Crippen LogP contribution in [0.2, 0.25) is 0 Å². The molecule has 1 saturated heterocycles. The molecule has 7 heteroatoms. The molecule has 1 N–H and O–H groups in total. The number of aliphatic carboxylic acids is 1. The lowest BCUT2D eigenvalue weighted by Crippen LogP contribution is -2.46. The molecule has 148 valence electrons. The summed E-state index contributed by atoms with van der Waals surface area (Å²) >= 11 is 3.55. The summed E-state index contributed by atoms with van der Waals surface area (Å²) in [5, 5.41) is 9.86. The monoisotopic (exact) mass is 447 g/mol. The number of benzene rings is 2. The van der Waals surface area contributed by atoms with Gasteiger partial charge >= 0.3 is 5.97 Å². The predicted octanol–water partition coefficient (Wildman–Crippen LogP) is 4.21. The predicted molar refractivity (Wildman–Crippen MR) is 107 cm³/mol. The first-order chi connectivity index (χ1) is 13.6. The highest BCUT2D eigenvalue weighted by molar-refractivity contribution is 9.10. The summed E-state index contributed by atoms with van der Waals surface area (Å²) in [6.45, 7) is 0.900. The van der Waals surface area contributed by atoms with Crippen LogP contribution in [0.4, 0.5) is 0 Å². The van der Waals surface area contributed by atoms with Gasteiger partial charge in [-0.05, 0) is 55.3 Å². The summed E-state index contributed by atoms with van der Waals surface area (Å²) in [5.41, 5.74) is 1.87. The molecule has 0 spiro atoms. The Morgan fingerprint density at radius 3 is 2.82 bits per heavy atom. The molecule has 0 amide bonds. The Hall–Kier alpha value is -2.25. The molecule has 2 heterocycles. The van der Waals surface area contributed by atoms with Gasteiger partial charge in [0.25, 0.3) is 0 Å². The summed E-state index contributed by atoms with van der Waals surface area (Å²) in [6.07, 6.45) is 2.50. The Kier molecular flexibility index (Phi) is 5.46. The van der Waals surface area contributed by atoms with Crippen molar-refractivity contribution < 1.29 is 24.1 Å². The molecule has 28 heavy (non-hydrogen) atoms. The zero-order valence-electron chi connectivity index (χ0n) is 15.6. The fourth-order valence-electron chi connectivity index (χ4n) is 4.08. The van der Waals surface area contributed by atoms with Gasteiger partial charge in [-0.1, -0.05) is 28.4 Å². The van der Waals surface area contributed by atoms with E-state index in [1.807, 2.05) is 36.4 Å². The first-order valence-electron chi connectivity index (χ1n) is 9.30. The molecule has 6 nitrogen and oxygen atoms in total. The third kappa shape index (κ3) is 3.56. The van der Waals surface area contributed by atoms with E-state index in [4.69, 9.17) is 14.2 Å². The van der Waals surface area contributed by atoms with Crippen LogP contribution in [0.15, 0.2) is 40.9 Å². The number of nitrogens with zero attached hydrogens (tertiary/aromatic N) is 1. The van der Waals surface area contributed by atoms with Crippen LogP contribution in [0.3, 0.4) is 0 Å². The Morgan fingerprint density at radius 1 is 1.21 bits per heavy atom. The third-order valence-corrected chi connectivity index (χ3v) is 5.85. The zero-order chi connectivity index (χ0) is 19.7. The maximum Gasteiger partial charge on any atom is 0.320 e. The molecule has 2 aliphatic rings. The summed E-state index contributed by atoms with van der Waals surface area (Å²) in [5.74, 6) is 1.32. The van der Waals surface area contributed by atoms with Crippen molar-refractivity contribution in [3.8, 4) is 17.2 Å². The lowest BCUT2D eigenvalue weighted by atomic mass is 9.91. The third-order valence-electron chi connectivity index (χ3n) is 5.36. The summed E-state index contributed by atoms with van der Waals surface area (Å²) in [4.78, 5) is 14.1. The van der Waals surface area contributed by atoms with E-state index in [0.717, 1.165) is 34.2 Å². The molecule has 0 aliphatic carbocycles. The average molecular weight is 448 g/mol. The minimum absolute atomic E-state index is 0.200. The van der Waals surface area contributed by atoms with Crippen molar-refractivity contribution in [2.45, 2.75) is 31.3 Å². The number of halogens is 1. The Bertz CT molecular complexity index is 887. The van der Waals surface area contributed by atoms with E-state index in [2.05, 4.69) is 20.8 Å². The van der Waals surface area contributed by atoms with Crippen molar-refractivity contribution in [3.63, 3.8) is 0 Å². The molecule has 0 radical (unpaired) electrons.